The standard InChI is InChI=1S/C38H42N4O10/c1-46-36-29-35(39-22-40-36)42(23-41-29)37-32(45)33(28(50-37)21-48-18-25-13-7-3-8-14-25)52-38-34(49-19-26-15-9-4-10-16-26)31(44)30(43)27(51-38)20-47-17-24-11-5-2-6-12-24/h2-16,22-23,27-28,30-34,37-38,43-45H,17-21H2,1H3/t27-,28-,30-,31+,32-,33-,34-,37-,38-/m1/s1. The maximum atomic E-state index is 11.9. The normalized spacial score (nSPS) is 27.6. The summed E-state index contributed by atoms with van der Waals surface area (Å²) in [6, 6.07) is 28.7. The topological polar surface area (TPSA) is 169 Å². The molecule has 3 N–H and O–H groups in total. The van der Waals surface area contributed by atoms with Crippen LogP contribution in [0.4, 0.5) is 0 Å². The fraction of sp³-hybridized carbons (Fsp3) is 0.395. The number of fused-ring (bicyclic) bond motifs is 1. The monoisotopic (exact) mass is 714 g/mol. The van der Waals surface area contributed by atoms with E-state index in [4.69, 9.17) is 33.2 Å². The molecule has 2 saturated heterocycles. The molecular formula is C38H42N4O10. The number of aliphatic hydroxyl groups excluding tert-OH is 3. The van der Waals surface area contributed by atoms with E-state index in [0.717, 1.165) is 16.7 Å². The highest BCUT2D eigenvalue weighted by atomic mass is 16.7. The van der Waals surface area contributed by atoms with E-state index < -0.39 is 55.2 Å². The van der Waals surface area contributed by atoms with Crippen molar-refractivity contribution in [3.8, 4) is 5.88 Å². The lowest BCUT2D eigenvalue weighted by Gasteiger charge is -2.43. The fourth-order valence-corrected chi connectivity index (χ4v) is 6.40. The zero-order valence-electron chi connectivity index (χ0n) is 28.5. The summed E-state index contributed by atoms with van der Waals surface area (Å²) in [7, 11) is 1.48. The minimum absolute atomic E-state index is 0.0368. The Hall–Kier alpha value is -4.35. The van der Waals surface area contributed by atoms with Crippen molar-refractivity contribution in [2.24, 2.45) is 0 Å². The summed E-state index contributed by atoms with van der Waals surface area (Å²) in [5.74, 6) is 0.272. The summed E-state index contributed by atoms with van der Waals surface area (Å²) in [6.45, 7) is 0.660. The second-order valence-corrected chi connectivity index (χ2v) is 12.7. The van der Waals surface area contributed by atoms with E-state index in [-0.39, 0.29) is 32.3 Å². The van der Waals surface area contributed by atoms with Gasteiger partial charge in [0.05, 0.1) is 46.5 Å². The number of aliphatic hydroxyl groups is 3. The Labute approximate surface area is 300 Å². The molecule has 0 aliphatic carbocycles. The molecule has 9 atom stereocenters. The molecule has 14 nitrogen and oxygen atoms in total. The number of aromatic nitrogens is 4. The van der Waals surface area contributed by atoms with Gasteiger partial charge in [-0.15, -0.1) is 0 Å². The molecule has 2 fully saturated rings. The van der Waals surface area contributed by atoms with Crippen molar-refractivity contribution < 1.29 is 48.5 Å². The summed E-state index contributed by atoms with van der Waals surface area (Å²) < 4.78 is 44.4. The van der Waals surface area contributed by atoms with Crippen LogP contribution >= 0.6 is 0 Å². The van der Waals surface area contributed by atoms with Gasteiger partial charge in [-0.3, -0.25) is 4.57 Å². The Bertz CT molecular complexity index is 1830. The Balaban J connectivity index is 1.14. The third-order valence-electron chi connectivity index (χ3n) is 9.11. The van der Waals surface area contributed by atoms with Gasteiger partial charge in [0, 0.05) is 0 Å². The van der Waals surface area contributed by atoms with Gasteiger partial charge in [0.2, 0.25) is 5.88 Å². The quantitative estimate of drug-likeness (QED) is 0.145. The van der Waals surface area contributed by atoms with Crippen molar-refractivity contribution in [2.75, 3.05) is 20.3 Å². The van der Waals surface area contributed by atoms with Gasteiger partial charge in [0.15, 0.2) is 23.7 Å². The Morgan fingerprint density at radius 2 is 1.25 bits per heavy atom. The second kappa shape index (κ2) is 17.0. The van der Waals surface area contributed by atoms with E-state index in [1.165, 1.54) is 19.8 Å². The van der Waals surface area contributed by atoms with Gasteiger partial charge in [0.1, 0.15) is 49.1 Å². The summed E-state index contributed by atoms with van der Waals surface area (Å²) in [5, 5.41) is 34.6. The largest absolute Gasteiger partial charge is 0.479 e. The molecule has 2 aliphatic heterocycles. The van der Waals surface area contributed by atoms with Crippen LogP contribution in [0.3, 0.4) is 0 Å². The van der Waals surface area contributed by atoms with Crippen molar-refractivity contribution in [1.82, 2.24) is 19.5 Å². The highest BCUT2D eigenvalue weighted by molar-refractivity contribution is 5.76. The van der Waals surface area contributed by atoms with Gasteiger partial charge in [-0.2, -0.15) is 4.98 Å². The number of benzene rings is 3. The van der Waals surface area contributed by atoms with Crippen molar-refractivity contribution >= 4 is 11.2 Å². The van der Waals surface area contributed by atoms with Crippen LogP contribution in [0.15, 0.2) is 104 Å². The van der Waals surface area contributed by atoms with Crippen LogP contribution in [0.2, 0.25) is 0 Å². The minimum atomic E-state index is -1.42. The van der Waals surface area contributed by atoms with E-state index in [0.29, 0.717) is 17.8 Å². The highest BCUT2D eigenvalue weighted by Crippen LogP contribution is 2.37. The molecule has 274 valence electrons. The molecule has 4 heterocycles. The van der Waals surface area contributed by atoms with E-state index in [1.807, 2.05) is 91.0 Å². The van der Waals surface area contributed by atoms with Crippen LogP contribution in [0.5, 0.6) is 5.88 Å². The second-order valence-electron chi connectivity index (χ2n) is 12.7. The van der Waals surface area contributed by atoms with Crippen LogP contribution in [0, 0.1) is 0 Å². The number of ether oxygens (including phenoxy) is 7. The molecule has 0 saturated carbocycles. The van der Waals surface area contributed by atoms with Crippen molar-refractivity contribution in [2.45, 2.75) is 75.1 Å². The van der Waals surface area contributed by atoms with Crippen LogP contribution in [0.25, 0.3) is 11.2 Å². The molecule has 0 bridgehead atoms. The maximum Gasteiger partial charge on any atom is 0.245 e. The van der Waals surface area contributed by atoms with E-state index >= 15 is 0 Å². The molecule has 5 aromatic rings. The van der Waals surface area contributed by atoms with Crippen LogP contribution in [0.1, 0.15) is 22.9 Å². The van der Waals surface area contributed by atoms with Gasteiger partial charge in [-0.1, -0.05) is 91.0 Å². The first-order valence-corrected chi connectivity index (χ1v) is 17.1. The first-order valence-electron chi connectivity index (χ1n) is 17.1. The molecule has 0 amide bonds. The van der Waals surface area contributed by atoms with Crippen LogP contribution < -0.4 is 4.74 Å². The van der Waals surface area contributed by atoms with Crippen molar-refractivity contribution in [3.05, 3.63) is 120 Å². The van der Waals surface area contributed by atoms with Crippen LogP contribution in [-0.4, -0.2) is 104 Å². The number of hydrogen-bond donors (Lipinski definition) is 3. The molecule has 7 rings (SSSR count). The zero-order valence-corrected chi connectivity index (χ0v) is 28.5. The zero-order chi connectivity index (χ0) is 35.9. The number of methoxy groups -OCH3 is 1. The Morgan fingerprint density at radius 1 is 0.654 bits per heavy atom. The lowest BCUT2D eigenvalue weighted by atomic mass is 9.98. The van der Waals surface area contributed by atoms with Gasteiger partial charge in [-0.05, 0) is 16.7 Å². The Kier molecular flexibility index (Phi) is 11.8. The predicted octanol–water partition coefficient (Wildman–Crippen LogP) is 2.94. The Morgan fingerprint density at radius 3 is 1.87 bits per heavy atom. The highest BCUT2D eigenvalue weighted by Gasteiger charge is 2.52. The molecule has 3 aromatic carbocycles. The molecule has 0 spiro atoms. The fourth-order valence-electron chi connectivity index (χ4n) is 6.40. The third kappa shape index (κ3) is 8.15. The predicted molar refractivity (Wildman–Crippen MR) is 185 cm³/mol. The smallest absolute Gasteiger partial charge is 0.245 e. The average Bonchev–Trinajstić information content (AvgIpc) is 3.75. The molecule has 0 radical (unpaired) electrons. The molecule has 2 aliphatic rings. The SMILES string of the molecule is COc1ncnc2c1ncn2[C@@H]1O[C@H](COCc2ccccc2)[C@@H](O[C@H]2O[C@H](COCc3ccccc3)[C@@H](O)[C@H](O)[C@H]2OCc2ccccc2)[C@H]1O. The summed E-state index contributed by atoms with van der Waals surface area (Å²) in [5.41, 5.74) is 3.52. The van der Waals surface area contributed by atoms with Gasteiger partial charge >= 0.3 is 0 Å². The van der Waals surface area contributed by atoms with E-state index in [9.17, 15) is 15.3 Å². The van der Waals surface area contributed by atoms with Gasteiger partial charge in [0.25, 0.3) is 0 Å². The lowest BCUT2D eigenvalue weighted by Crippen LogP contribution is -2.61. The molecule has 2 aromatic heterocycles. The lowest BCUT2D eigenvalue weighted by molar-refractivity contribution is -0.329. The van der Waals surface area contributed by atoms with E-state index in [2.05, 4.69) is 15.0 Å². The number of hydrogen-bond acceptors (Lipinski definition) is 13. The average molecular weight is 715 g/mol. The van der Waals surface area contributed by atoms with Crippen molar-refractivity contribution in [1.29, 1.82) is 0 Å². The first kappa shape index (κ1) is 36.0. The minimum Gasteiger partial charge on any atom is -0.479 e. The molecule has 14 heteroatoms. The summed E-state index contributed by atoms with van der Waals surface area (Å²) in [6.07, 6.45) is -7.50. The van der Waals surface area contributed by atoms with E-state index in [1.54, 1.807) is 4.57 Å². The van der Waals surface area contributed by atoms with Crippen LogP contribution in [-0.2, 0) is 48.2 Å². The third-order valence-corrected chi connectivity index (χ3v) is 9.11. The number of rotatable bonds is 15. The number of imidazole rings is 1. The maximum absolute atomic E-state index is 11.9. The molecule has 0 unspecified atom stereocenters. The summed E-state index contributed by atoms with van der Waals surface area (Å²) >= 11 is 0. The number of nitrogens with zero attached hydrogens (tertiary/aromatic N) is 4. The van der Waals surface area contributed by atoms with Crippen molar-refractivity contribution in [3.63, 3.8) is 0 Å². The molecule has 52 heavy (non-hydrogen) atoms. The first-order chi connectivity index (χ1) is 25.5. The molecular weight excluding hydrogens is 672 g/mol. The summed E-state index contributed by atoms with van der Waals surface area (Å²) in [4.78, 5) is 12.9. The van der Waals surface area contributed by atoms with Gasteiger partial charge in [-0.25, -0.2) is 9.97 Å². The van der Waals surface area contributed by atoms with Gasteiger partial charge < -0.3 is 48.5 Å².